The maximum absolute atomic E-state index is 11.4. The number of fused-ring (bicyclic) bond motifs is 1. The summed E-state index contributed by atoms with van der Waals surface area (Å²) >= 11 is 1.68. The summed E-state index contributed by atoms with van der Waals surface area (Å²) in [4.78, 5) is 24.5. The van der Waals surface area contributed by atoms with Gasteiger partial charge in [-0.2, -0.15) is 0 Å². The monoisotopic (exact) mass is 291 g/mol. The second-order valence-corrected chi connectivity index (χ2v) is 6.22. The van der Waals surface area contributed by atoms with Crippen molar-refractivity contribution in [3.05, 3.63) is 16.8 Å². The van der Waals surface area contributed by atoms with E-state index in [0.717, 1.165) is 29.1 Å². The van der Waals surface area contributed by atoms with Crippen LogP contribution in [0.3, 0.4) is 0 Å². The zero-order valence-electron chi connectivity index (χ0n) is 11.5. The summed E-state index contributed by atoms with van der Waals surface area (Å²) in [5.41, 5.74) is 6.61. The number of nitrogens with zero attached hydrogens (tertiary/aromatic N) is 3. The number of nitrogens with two attached hydrogens (primary N) is 1. The fraction of sp³-hybridized carbons (Fsp3) is 0.462. The highest BCUT2D eigenvalue weighted by atomic mass is 32.1. The molecule has 1 atom stereocenters. The van der Waals surface area contributed by atoms with Crippen LogP contribution in [0.5, 0.6) is 0 Å². The van der Waals surface area contributed by atoms with Gasteiger partial charge in [-0.15, -0.1) is 11.3 Å². The minimum Gasteiger partial charge on any atom is -0.368 e. The van der Waals surface area contributed by atoms with Crippen LogP contribution in [0.2, 0.25) is 0 Å². The average Bonchev–Trinajstić information content (AvgIpc) is 2.74. The normalized spacial score (nSPS) is 19.5. The first-order valence-corrected chi connectivity index (χ1v) is 7.38. The Hall–Kier alpha value is -1.73. The maximum Gasteiger partial charge on any atom is 0.236 e. The van der Waals surface area contributed by atoms with Gasteiger partial charge in [0.15, 0.2) is 0 Å². The Morgan fingerprint density at radius 3 is 3.05 bits per heavy atom. The number of piperazine rings is 1. The molecule has 6 nitrogen and oxygen atoms in total. The minimum absolute atomic E-state index is 0.321. The van der Waals surface area contributed by atoms with Gasteiger partial charge < -0.3 is 16.0 Å². The first kappa shape index (κ1) is 13.3. The third-order valence-electron chi connectivity index (χ3n) is 3.76. The molecule has 1 aliphatic rings. The molecule has 20 heavy (non-hydrogen) atoms. The number of amides is 1. The molecule has 0 spiro atoms. The molecule has 2 aromatic rings. The van der Waals surface area contributed by atoms with Crippen molar-refractivity contribution >= 4 is 33.3 Å². The molecule has 3 N–H and O–H groups in total. The summed E-state index contributed by atoms with van der Waals surface area (Å²) in [7, 11) is 0. The SMILES string of the molecule is Cc1sc2ncnc(N3CCN[C@H](C(N)=O)C3)c2c1C. The number of rotatable bonds is 2. The summed E-state index contributed by atoms with van der Waals surface area (Å²) < 4.78 is 0. The number of primary amides is 1. The second kappa shape index (κ2) is 4.99. The van der Waals surface area contributed by atoms with E-state index in [2.05, 4.69) is 34.0 Å². The van der Waals surface area contributed by atoms with Gasteiger partial charge in [0, 0.05) is 24.5 Å². The van der Waals surface area contributed by atoms with Gasteiger partial charge in [-0.3, -0.25) is 4.79 Å². The van der Waals surface area contributed by atoms with Crippen molar-refractivity contribution in [2.75, 3.05) is 24.5 Å². The van der Waals surface area contributed by atoms with Gasteiger partial charge >= 0.3 is 0 Å². The molecule has 0 aromatic carbocycles. The van der Waals surface area contributed by atoms with E-state index in [-0.39, 0.29) is 11.9 Å². The first-order valence-electron chi connectivity index (χ1n) is 6.56. The van der Waals surface area contributed by atoms with E-state index in [0.29, 0.717) is 6.54 Å². The molecule has 1 amide bonds. The molecule has 0 unspecified atom stereocenters. The summed E-state index contributed by atoms with van der Waals surface area (Å²) in [5.74, 6) is 0.586. The minimum atomic E-state index is -0.325. The Balaban J connectivity index is 2.03. The molecule has 3 rings (SSSR count). The van der Waals surface area contributed by atoms with E-state index >= 15 is 0 Å². The zero-order chi connectivity index (χ0) is 14.3. The highest BCUT2D eigenvalue weighted by molar-refractivity contribution is 7.18. The molecular formula is C13H17N5OS. The van der Waals surface area contributed by atoms with E-state index in [9.17, 15) is 4.79 Å². The second-order valence-electron chi connectivity index (χ2n) is 5.02. The van der Waals surface area contributed by atoms with Crippen molar-refractivity contribution < 1.29 is 4.79 Å². The number of carbonyl (C=O) groups is 1. The molecule has 0 saturated carbocycles. The molecule has 7 heteroatoms. The van der Waals surface area contributed by atoms with Crippen LogP contribution < -0.4 is 16.0 Å². The van der Waals surface area contributed by atoms with Crippen LogP contribution in [0.4, 0.5) is 5.82 Å². The summed E-state index contributed by atoms with van der Waals surface area (Å²) in [6.07, 6.45) is 1.59. The number of aryl methyl sites for hydroxylation is 2. The smallest absolute Gasteiger partial charge is 0.236 e. The Bertz CT molecular complexity index is 668. The fourth-order valence-electron chi connectivity index (χ4n) is 2.54. The number of anilines is 1. The molecule has 1 saturated heterocycles. The quantitative estimate of drug-likeness (QED) is 0.845. The van der Waals surface area contributed by atoms with Crippen molar-refractivity contribution in [3.8, 4) is 0 Å². The van der Waals surface area contributed by atoms with Gasteiger partial charge in [0.05, 0.1) is 5.39 Å². The highest BCUT2D eigenvalue weighted by Crippen LogP contribution is 2.34. The molecule has 106 valence electrons. The molecule has 0 radical (unpaired) electrons. The number of nitrogens with one attached hydrogen (secondary N) is 1. The first-order chi connectivity index (χ1) is 9.58. The van der Waals surface area contributed by atoms with Gasteiger partial charge in [-0.05, 0) is 19.4 Å². The third-order valence-corrected chi connectivity index (χ3v) is 4.88. The van der Waals surface area contributed by atoms with Gasteiger partial charge in [0.1, 0.15) is 23.0 Å². The van der Waals surface area contributed by atoms with Crippen molar-refractivity contribution in [1.29, 1.82) is 0 Å². The lowest BCUT2D eigenvalue weighted by Crippen LogP contribution is -2.56. The van der Waals surface area contributed by atoms with Gasteiger partial charge in [-0.1, -0.05) is 0 Å². The van der Waals surface area contributed by atoms with Crippen molar-refractivity contribution in [1.82, 2.24) is 15.3 Å². The lowest BCUT2D eigenvalue weighted by atomic mass is 10.1. The van der Waals surface area contributed by atoms with E-state index in [1.807, 2.05) is 0 Å². The standard InChI is InChI=1S/C13H17N5OS/c1-7-8(2)20-13-10(7)12(16-6-17-13)18-4-3-15-9(5-18)11(14)19/h6,9,15H,3-5H2,1-2H3,(H2,14,19)/t9-/m0/s1. The zero-order valence-corrected chi connectivity index (χ0v) is 12.3. The lowest BCUT2D eigenvalue weighted by Gasteiger charge is -2.33. The van der Waals surface area contributed by atoms with Crippen LogP contribution in [0.15, 0.2) is 6.33 Å². The molecule has 0 aliphatic carbocycles. The predicted molar refractivity (Wildman–Crippen MR) is 80.1 cm³/mol. The van der Waals surface area contributed by atoms with Gasteiger partial charge in [0.25, 0.3) is 0 Å². The van der Waals surface area contributed by atoms with E-state index < -0.39 is 0 Å². The van der Waals surface area contributed by atoms with Crippen LogP contribution in [0.1, 0.15) is 10.4 Å². The van der Waals surface area contributed by atoms with E-state index in [1.54, 1.807) is 17.7 Å². The number of carbonyl (C=O) groups excluding carboxylic acids is 1. The van der Waals surface area contributed by atoms with Crippen LogP contribution in [-0.2, 0) is 4.79 Å². The van der Waals surface area contributed by atoms with E-state index in [1.165, 1.54) is 10.4 Å². The average molecular weight is 291 g/mol. The predicted octanol–water partition coefficient (Wildman–Crippen LogP) is 0.572. The van der Waals surface area contributed by atoms with Crippen LogP contribution in [0, 0.1) is 13.8 Å². The number of hydrogen-bond acceptors (Lipinski definition) is 6. The fourth-order valence-corrected chi connectivity index (χ4v) is 3.53. The largest absolute Gasteiger partial charge is 0.368 e. The van der Waals surface area contributed by atoms with Crippen molar-refractivity contribution in [2.24, 2.45) is 5.73 Å². The number of thiophene rings is 1. The molecule has 2 aromatic heterocycles. The lowest BCUT2D eigenvalue weighted by molar-refractivity contribution is -0.120. The Morgan fingerprint density at radius 1 is 1.50 bits per heavy atom. The number of hydrogen-bond donors (Lipinski definition) is 2. The number of aromatic nitrogens is 2. The van der Waals surface area contributed by atoms with Crippen LogP contribution >= 0.6 is 11.3 Å². The molecule has 3 heterocycles. The maximum atomic E-state index is 11.4. The van der Waals surface area contributed by atoms with E-state index in [4.69, 9.17) is 5.73 Å². The Morgan fingerprint density at radius 2 is 2.30 bits per heavy atom. The van der Waals surface area contributed by atoms with Crippen LogP contribution in [0.25, 0.3) is 10.2 Å². The summed E-state index contributed by atoms with van der Waals surface area (Å²) in [6, 6.07) is -0.325. The van der Waals surface area contributed by atoms with Gasteiger partial charge in [0.2, 0.25) is 5.91 Å². The van der Waals surface area contributed by atoms with Crippen molar-refractivity contribution in [3.63, 3.8) is 0 Å². The van der Waals surface area contributed by atoms with Gasteiger partial charge in [-0.25, -0.2) is 9.97 Å². The third kappa shape index (κ3) is 2.12. The molecular weight excluding hydrogens is 274 g/mol. The van der Waals surface area contributed by atoms with Crippen molar-refractivity contribution in [2.45, 2.75) is 19.9 Å². The highest BCUT2D eigenvalue weighted by Gasteiger charge is 2.26. The Kier molecular flexibility index (Phi) is 3.31. The topological polar surface area (TPSA) is 84.1 Å². The van der Waals surface area contributed by atoms with Crippen LogP contribution in [-0.4, -0.2) is 41.6 Å². The summed E-state index contributed by atoms with van der Waals surface area (Å²) in [6.45, 7) is 6.27. The Labute approximate surface area is 121 Å². The molecule has 1 fully saturated rings. The molecule has 1 aliphatic heterocycles. The summed E-state index contributed by atoms with van der Waals surface area (Å²) in [5, 5.41) is 4.23. The molecule has 0 bridgehead atoms.